The van der Waals surface area contributed by atoms with E-state index in [0.717, 1.165) is 0 Å². The van der Waals surface area contributed by atoms with Crippen LogP contribution in [-0.4, -0.2) is 73.8 Å². The van der Waals surface area contributed by atoms with Crippen LogP contribution >= 0.6 is 11.6 Å². The fourth-order valence-electron chi connectivity index (χ4n) is 2.45. The number of hydrogen-bond donors (Lipinski definition) is 0. The van der Waals surface area contributed by atoms with Gasteiger partial charge < -0.3 is 9.80 Å². The molecule has 2 rings (SSSR count). The molecule has 0 spiro atoms. The second-order valence-electron chi connectivity index (χ2n) is 5.73. The molecule has 0 aromatic carbocycles. The lowest BCUT2D eigenvalue weighted by Gasteiger charge is -2.29. The SMILES string of the molecule is CN(C)CCN(C(=O)c1ccc(Cl)nc1)C1CCS(=O)(=O)C1. The molecule has 6 nitrogen and oxygen atoms in total. The second-order valence-corrected chi connectivity index (χ2v) is 8.34. The topological polar surface area (TPSA) is 70.6 Å². The molecule has 0 aliphatic carbocycles. The zero-order chi connectivity index (χ0) is 16.3. The number of carbonyl (C=O) groups excluding carboxylic acids is 1. The van der Waals surface area contributed by atoms with Crippen LogP contribution in [-0.2, 0) is 9.84 Å². The quantitative estimate of drug-likeness (QED) is 0.742. The van der Waals surface area contributed by atoms with Gasteiger partial charge in [-0.15, -0.1) is 0 Å². The molecule has 1 saturated heterocycles. The van der Waals surface area contributed by atoms with Gasteiger partial charge in [-0.3, -0.25) is 4.79 Å². The molecule has 22 heavy (non-hydrogen) atoms. The largest absolute Gasteiger partial charge is 0.333 e. The normalized spacial score (nSPS) is 20.3. The molecule has 122 valence electrons. The summed E-state index contributed by atoms with van der Waals surface area (Å²) in [6.07, 6.45) is 1.92. The molecule has 1 fully saturated rings. The van der Waals surface area contributed by atoms with Gasteiger partial charge in [-0.05, 0) is 32.6 Å². The second kappa shape index (κ2) is 6.93. The predicted molar refractivity (Wildman–Crippen MR) is 85.9 cm³/mol. The summed E-state index contributed by atoms with van der Waals surface area (Å²) in [5, 5.41) is 0.319. The van der Waals surface area contributed by atoms with Gasteiger partial charge in [0, 0.05) is 25.3 Å². The maximum absolute atomic E-state index is 12.7. The van der Waals surface area contributed by atoms with Crippen LogP contribution in [0, 0.1) is 0 Å². The molecule has 0 saturated carbocycles. The molecule has 0 N–H and O–H groups in total. The van der Waals surface area contributed by atoms with E-state index in [1.165, 1.54) is 6.20 Å². The predicted octanol–water partition coefficient (Wildman–Crippen LogP) is 0.926. The number of amides is 1. The smallest absolute Gasteiger partial charge is 0.255 e. The minimum absolute atomic E-state index is 0.0349. The summed E-state index contributed by atoms with van der Waals surface area (Å²) in [5.74, 6) is -0.0248. The van der Waals surface area contributed by atoms with Crippen LogP contribution in [0.1, 0.15) is 16.8 Å². The van der Waals surface area contributed by atoms with Crippen molar-refractivity contribution in [3.63, 3.8) is 0 Å². The third kappa shape index (κ3) is 4.41. The van der Waals surface area contributed by atoms with Crippen molar-refractivity contribution in [1.29, 1.82) is 0 Å². The lowest BCUT2D eigenvalue weighted by Crippen LogP contribution is -2.44. The lowest BCUT2D eigenvalue weighted by atomic mass is 10.1. The first-order chi connectivity index (χ1) is 10.3. The third-order valence-corrected chi connectivity index (χ3v) is 5.65. The summed E-state index contributed by atoms with van der Waals surface area (Å²) in [7, 11) is 0.783. The molecule has 2 heterocycles. The summed E-state index contributed by atoms with van der Waals surface area (Å²) < 4.78 is 23.4. The van der Waals surface area contributed by atoms with E-state index in [1.807, 2.05) is 19.0 Å². The highest BCUT2D eigenvalue weighted by Gasteiger charge is 2.34. The highest BCUT2D eigenvalue weighted by atomic mass is 35.5. The summed E-state index contributed by atoms with van der Waals surface area (Å²) >= 11 is 5.74. The van der Waals surface area contributed by atoms with E-state index in [4.69, 9.17) is 11.6 Å². The molecule has 1 atom stereocenters. The van der Waals surface area contributed by atoms with Gasteiger partial charge in [0.1, 0.15) is 5.15 Å². The van der Waals surface area contributed by atoms with Crippen molar-refractivity contribution in [1.82, 2.24) is 14.8 Å². The standard InChI is InChI=1S/C14H20ClN3O3S/c1-17(2)6-7-18(12-5-8-22(20,21)10-12)14(19)11-3-4-13(15)16-9-11/h3-4,9,12H,5-8,10H2,1-2H3. The van der Waals surface area contributed by atoms with Crippen LogP contribution in [0.4, 0.5) is 0 Å². The molecule has 8 heteroatoms. The van der Waals surface area contributed by atoms with Gasteiger partial charge in [-0.25, -0.2) is 13.4 Å². The number of likely N-dealkylation sites (N-methyl/N-ethyl adjacent to an activating group) is 1. The van der Waals surface area contributed by atoms with Crippen molar-refractivity contribution < 1.29 is 13.2 Å². The number of hydrogen-bond acceptors (Lipinski definition) is 5. The first-order valence-corrected chi connectivity index (χ1v) is 9.26. The molecule has 1 unspecified atom stereocenters. The van der Waals surface area contributed by atoms with E-state index in [9.17, 15) is 13.2 Å². The maximum atomic E-state index is 12.7. The highest BCUT2D eigenvalue weighted by Crippen LogP contribution is 2.20. The molecular weight excluding hydrogens is 326 g/mol. The van der Waals surface area contributed by atoms with Crippen LogP contribution in [0.3, 0.4) is 0 Å². The zero-order valence-electron chi connectivity index (χ0n) is 12.7. The molecule has 1 aromatic heterocycles. The Kier molecular flexibility index (Phi) is 5.41. The van der Waals surface area contributed by atoms with Crippen LogP contribution in [0.15, 0.2) is 18.3 Å². The van der Waals surface area contributed by atoms with Crippen molar-refractivity contribution in [2.75, 3.05) is 38.7 Å². The van der Waals surface area contributed by atoms with Gasteiger partial charge in [-0.2, -0.15) is 0 Å². The molecule has 1 aliphatic heterocycles. The average molecular weight is 346 g/mol. The Bertz CT molecular complexity index is 631. The van der Waals surface area contributed by atoms with Gasteiger partial charge in [-0.1, -0.05) is 11.6 Å². The molecule has 1 aromatic rings. The van der Waals surface area contributed by atoms with E-state index in [0.29, 0.717) is 30.2 Å². The van der Waals surface area contributed by atoms with Gasteiger partial charge in [0.15, 0.2) is 9.84 Å². The van der Waals surface area contributed by atoms with Crippen LogP contribution in [0.5, 0.6) is 0 Å². The Hall–Kier alpha value is -1.18. The highest BCUT2D eigenvalue weighted by molar-refractivity contribution is 7.91. The Morgan fingerprint density at radius 1 is 1.36 bits per heavy atom. The number of rotatable bonds is 5. The van der Waals surface area contributed by atoms with Gasteiger partial charge in [0.25, 0.3) is 5.91 Å². The fraction of sp³-hybridized carbons (Fsp3) is 0.571. The number of aromatic nitrogens is 1. The monoisotopic (exact) mass is 345 g/mol. The van der Waals surface area contributed by atoms with Crippen molar-refractivity contribution in [2.24, 2.45) is 0 Å². The number of carbonyl (C=O) groups is 1. The van der Waals surface area contributed by atoms with E-state index in [2.05, 4.69) is 4.98 Å². The number of halogens is 1. The van der Waals surface area contributed by atoms with Crippen molar-refractivity contribution in [3.05, 3.63) is 29.0 Å². The Morgan fingerprint density at radius 2 is 2.09 bits per heavy atom. The summed E-state index contributed by atoms with van der Waals surface area (Å²) in [5.41, 5.74) is 0.424. The molecule has 0 bridgehead atoms. The molecule has 0 radical (unpaired) electrons. The van der Waals surface area contributed by atoms with Crippen molar-refractivity contribution in [3.8, 4) is 0 Å². The maximum Gasteiger partial charge on any atom is 0.255 e. The summed E-state index contributed by atoms with van der Waals surface area (Å²) in [4.78, 5) is 20.2. The first-order valence-electron chi connectivity index (χ1n) is 7.06. The third-order valence-electron chi connectivity index (χ3n) is 3.67. The van der Waals surface area contributed by atoms with Gasteiger partial charge in [0.05, 0.1) is 17.1 Å². The molecule has 1 amide bonds. The van der Waals surface area contributed by atoms with E-state index >= 15 is 0 Å². The van der Waals surface area contributed by atoms with E-state index in [1.54, 1.807) is 17.0 Å². The number of nitrogens with zero attached hydrogens (tertiary/aromatic N) is 3. The van der Waals surface area contributed by atoms with Crippen LogP contribution < -0.4 is 0 Å². The number of sulfone groups is 1. The molecule has 1 aliphatic rings. The van der Waals surface area contributed by atoms with Crippen LogP contribution in [0.25, 0.3) is 0 Å². The Balaban J connectivity index is 2.19. The van der Waals surface area contributed by atoms with E-state index in [-0.39, 0.29) is 23.5 Å². The first kappa shape index (κ1) is 17.2. The summed E-state index contributed by atoms with van der Waals surface area (Å²) in [6.45, 7) is 1.15. The van der Waals surface area contributed by atoms with Crippen LogP contribution in [0.2, 0.25) is 5.15 Å². The Labute approximate surface area is 136 Å². The minimum atomic E-state index is -3.05. The number of pyridine rings is 1. The van der Waals surface area contributed by atoms with Crippen molar-refractivity contribution in [2.45, 2.75) is 12.5 Å². The minimum Gasteiger partial charge on any atom is -0.333 e. The van der Waals surface area contributed by atoms with E-state index < -0.39 is 9.84 Å². The summed E-state index contributed by atoms with van der Waals surface area (Å²) in [6, 6.07) is 2.90. The van der Waals surface area contributed by atoms with Crippen molar-refractivity contribution >= 4 is 27.3 Å². The van der Waals surface area contributed by atoms with Gasteiger partial charge >= 0.3 is 0 Å². The van der Waals surface area contributed by atoms with Gasteiger partial charge in [0.2, 0.25) is 0 Å². The average Bonchev–Trinajstić information content (AvgIpc) is 2.79. The Morgan fingerprint density at radius 3 is 2.59 bits per heavy atom. The molecular formula is C14H20ClN3O3S. The zero-order valence-corrected chi connectivity index (χ0v) is 14.3. The lowest BCUT2D eigenvalue weighted by molar-refractivity contribution is 0.0683. The fourth-order valence-corrected chi connectivity index (χ4v) is 4.29.